The van der Waals surface area contributed by atoms with Crippen LogP contribution in [0.25, 0.3) is 0 Å². The predicted octanol–water partition coefficient (Wildman–Crippen LogP) is 2.71. The SMILES string of the molecule is CCCN(CCO)CC(=O)Nc1ccc(N2CCCCCC2)cc1. The molecule has 0 aromatic heterocycles. The van der Waals surface area contributed by atoms with Crippen molar-refractivity contribution in [2.24, 2.45) is 0 Å². The van der Waals surface area contributed by atoms with Gasteiger partial charge in [0.2, 0.25) is 5.91 Å². The van der Waals surface area contributed by atoms with Gasteiger partial charge in [0, 0.05) is 31.0 Å². The van der Waals surface area contributed by atoms with Crippen LogP contribution in [0.1, 0.15) is 39.0 Å². The standard InChI is InChI=1S/C19H31N3O2/c1-2-11-21(14-15-23)16-19(24)20-17-7-9-18(10-8-17)22-12-5-3-4-6-13-22/h7-10,23H,2-6,11-16H2,1H3,(H,20,24). The molecule has 1 aromatic rings. The lowest BCUT2D eigenvalue weighted by Gasteiger charge is -2.23. The minimum atomic E-state index is -0.0283. The van der Waals surface area contributed by atoms with Crippen LogP contribution in [-0.4, -0.2) is 55.2 Å². The molecule has 0 bridgehead atoms. The summed E-state index contributed by atoms with van der Waals surface area (Å²) in [6.45, 7) is 6.08. The fraction of sp³-hybridized carbons (Fsp3) is 0.632. The zero-order valence-corrected chi connectivity index (χ0v) is 14.8. The highest BCUT2D eigenvalue weighted by Crippen LogP contribution is 2.21. The van der Waals surface area contributed by atoms with Gasteiger partial charge < -0.3 is 15.3 Å². The van der Waals surface area contributed by atoms with Gasteiger partial charge in [-0.3, -0.25) is 9.69 Å². The fourth-order valence-corrected chi connectivity index (χ4v) is 3.22. The number of aliphatic hydroxyl groups is 1. The quantitative estimate of drug-likeness (QED) is 0.768. The van der Waals surface area contributed by atoms with Crippen molar-refractivity contribution in [2.75, 3.05) is 49.5 Å². The van der Waals surface area contributed by atoms with Crippen LogP contribution in [0.5, 0.6) is 0 Å². The normalized spacial score (nSPS) is 15.4. The van der Waals surface area contributed by atoms with Gasteiger partial charge >= 0.3 is 0 Å². The molecule has 134 valence electrons. The zero-order valence-electron chi connectivity index (χ0n) is 14.8. The van der Waals surface area contributed by atoms with E-state index in [0.717, 1.165) is 31.7 Å². The van der Waals surface area contributed by atoms with E-state index >= 15 is 0 Å². The number of amides is 1. The van der Waals surface area contributed by atoms with Gasteiger partial charge in [0.05, 0.1) is 13.2 Å². The number of anilines is 2. The Morgan fingerprint density at radius 2 is 1.79 bits per heavy atom. The third-order valence-electron chi connectivity index (χ3n) is 4.45. The minimum absolute atomic E-state index is 0.0283. The van der Waals surface area contributed by atoms with E-state index in [2.05, 4.69) is 29.3 Å². The van der Waals surface area contributed by atoms with Gasteiger partial charge in [0.1, 0.15) is 0 Å². The molecule has 1 fully saturated rings. The number of hydrogen-bond acceptors (Lipinski definition) is 4. The minimum Gasteiger partial charge on any atom is -0.395 e. The van der Waals surface area contributed by atoms with Crippen molar-refractivity contribution in [2.45, 2.75) is 39.0 Å². The summed E-state index contributed by atoms with van der Waals surface area (Å²) < 4.78 is 0. The molecule has 0 aliphatic carbocycles. The van der Waals surface area contributed by atoms with Crippen molar-refractivity contribution in [1.29, 1.82) is 0 Å². The third kappa shape index (κ3) is 6.13. The van der Waals surface area contributed by atoms with Crippen LogP contribution < -0.4 is 10.2 Å². The Hall–Kier alpha value is -1.59. The van der Waals surface area contributed by atoms with Crippen molar-refractivity contribution >= 4 is 17.3 Å². The number of benzene rings is 1. The maximum Gasteiger partial charge on any atom is 0.238 e. The first-order valence-electron chi connectivity index (χ1n) is 9.21. The van der Waals surface area contributed by atoms with Crippen molar-refractivity contribution < 1.29 is 9.90 Å². The molecule has 0 saturated carbocycles. The van der Waals surface area contributed by atoms with Gasteiger partial charge in [0.15, 0.2) is 0 Å². The summed E-state index contributed by atoms with van der Waals surface area (Å²) >= 11 is 0. The molecular weight excluding hydrogens is 302 g/mol. The van der Waals surface area contributed by atoms with Crippen LogP contribution >= 0.6 is 0 Å². The Labute approximate surface area is 145 Å². The number of hydrogen-bond donors (Lipinski definition) is 2. The lowest BCUT2D eigenvalue weighted by atomic mass is 10.2. The first kappa shape index (κ1) is 18.7. The number of carbonyl (C=O) groups is 1. The van der Waals surface area contributed by atoms with Gasteiger partial charge in [0.25, 0.3) is 0 Å². The van der Waals surface area contributed by atoms with Crippen molar-refractivity contribution in [3.63, 3.8) is 0 Å². The molecule has 0 spiro atoms. The second-order valence-corrected chi connectivity index (χ2v) is 6.50. The molecule has 0 unspecified atom stereocenters. The van der Waals surface area contributed by atoms with Crippen LogP contribution in [0.3, 0.4) is 0 Å². The smallest absolute Gasteiger partial charge is 0.238 e. The van der Waals surface area contributed by atoms with E-state index < -0.39 is 0 Å². The summed E-state index contributed by atoms with van der Waals surface area (Å²) in [7, 11) is 0. The van der Waals surface area contributed by atoms with Crippen molar-refractivity contribution in [3.8, 4) is 0 Å². The topological polar surface area (TPSA) is 55.8 Å². The molecule has 1 saturated heterocycles. The summed E-state index contributed by atoms with van der Waals surface area (Å²) in [6.07, 6.45) is 6.14. The van der Waals surface area contributed by atoms with Crippen molar-refractivity contribution in [3.05, 3.63) is 24.3 Å². The highest BCUT2D eigenvalue weighted by molar-refractivity contribution is 5.92. The Morgan fingerprint density at radius 3 is 2.38 bits per heavy atom. The Bertz CT molecular complexity index is 476. The number of carbonyl (C=O) groups excluding carboxylic acids is 1. The number of nitrogens with one attached hydrogen (secondary N) is 1. The first-order chi connectivity index (χ1) is 11.7. The van der Waals surface area contributed by atoms with Crippen LogP contribution in [0.2, 0.25) is 0 Å². The molecule has 1 aromatic carbocycles. The molecule has 2 rings (SSSR count). The molecule has 0 radical (unpaired) electrons. The predicted molar refractivity (Wildman–Crippen MR) is 99.6 cm³/mol. The third-order valence-corrected chi connectivity index (χ3v) is 4.45. The molecule has 0 atom stereocenters. The molecule has 1 heterocycles. The second-order valence-electron chi connectivity index (χ2n) is 6.50. The lowest BCUT2D eigenvalue weighted by molar-refractivity contribution is -0.117. The molecule has 5 heteroatoms. The van der Waals surface area contributed by atoms with Gasteiger partial charge in [-0.05, 0) is 50.1 Å². The van der Waals surface area contributed by atoms with E-state index in [1.165, 1.54) is 31.4 Å². The molecule has 2 N–H and O–H groups in total. The van der Waals surface area contributed by atoms with Crippen LogP contribution in [0.15, 0.2) is 24.3 Å². The first-order valence-corrected chi connectivity index (χ1v) is 9.21. The molecule has 1 aliphatic heterocycles. The summed E-state index contributed by atoms with van der Waals surface area (Å²) in [5.41, 5.74) is 2.07. The van der Waals surface area contributed by atoms with Crippen LogP contribution in [-0.2, 0) is 4.79 Å². The molecule has 1 amide bonds. The van der Waals surface area contributed by atoms with Gasteiger partial charge in [-0.25, -0.2) is 0 Å². The number of rotatable bonds is 8. The van der Waals surface area contributed by atoms with E-state index in [-0.39, 0.29) is 12.5 Å². The van der Waals surface area contributed by atoms with E-state index in [1.807, 2.05) is 17.0 Å². The van der Waals surface area contributed by atoms with E-state index in [1.54, 1.807) is 0 Å². The average molecular weight is 333 g/mol. The van der Waals surface area contributed by atoms with Crippen LogP contribution in [0, 0.1) is 0 Å². The van der Waals surface area contributed by atoms with E-state index in [0.29, 0.717) is 13.1 Å². The van der Waals surface area contributed by atoms with E-state index in [4.69, 9.17) is 5.11 Å². The second kappa shape index (κ2) is 10.3. The van der Waals surface area contributed by atoms with Gasteiger partial charge in [-0.1, -0.05) is 19.8 Å². The summed E-state index contributed by atoms with van der Waals surface area (Å²) in [4.78, 5) is 16.6. The van der Waals surface area contributed by atoms with Crippen LogP contribution in [0.4, 0.5) is 11.4 Å². The maximum atomic E-state index is 12.2. The van der Waals surface area contributed by atoms with E-state index in [9.17, 15) is 4.79 Å². The molecular formula is C19H31N3O2. The number of aliphatic hydroxyl groups excluding tert-OH is 1. The molecule has 5 nitrogen and oxygen atoms in total. The highest BCUT2D eigenvalue weighted by atomic mass is 16.3. The number of nitrogens with zero attached hydrogens (tertiary/aromatic N) is 2. The fourth-order valence-electron chi connectivity index (χ4n) is 3.22. The maximum absolute atomic E-state index is 12.2. The Kier molecular flexibility index (Phi) is 8.05. The average Bonchev–Trinajstić information content (AvgIpc) is 2.85. The Morgan fingerprint density at radius 1 is 1.12 bits per heavy atom. The van der Waals surface area contributed by atoms with Gasteiger partial charge in [-0.15, -0.1) is 0 Å². The molecule has 1 aliphatic rings. The van der Waals surface area contributed by atoms with Gasteiger partial charge in [-0.2, -0.15) is 0 Å². The Balaban J connectivity index is 1.87. The molecule has 24 heavy (non-hydrogen) atoms. The monoisotopic (exact) mass is 333 g/mol. The summed E-state index contributed by atoms with van der Waals surface area (Å²) in [5.74, 6) is -0.0283. The zero-order chi connectivity index (χ0) is 17.2. The summed E-state index contributed by atoms with van der Waals surface area (Å²) in [6, 6.07) is 8.15. The summed E-state index contributed by atoms with van der Waals surface area (Å²) in [5, 5.41) is 12.0. The lowest BCUT2D eigenvalue weighted by Crippen LogP contribution is -2.35. The largest absolute Gasteiger partial charge is 0.395 e. The van der Waals surface area contributed by atoms with Crippen molar-refractivity contribution in [1.82, 2.24) is 4.90 Å². The highest BCUT2D eigenvalue weighted by Gasteiger charge is 2.12.